The van der Waals surface area contributed by atoms with E-state index in [0.29, 0.717) is 22.2 Å². The average molecular weight is 450 g/mol. The van der Waals surface area contributed by atoms with Gasteiger partial charge in [0.25, 0.3) is 11.8 Å². The van der Waals surface area contributed by atoms with Gasteiger partial charge in [0.1, 0.15) is 11.8 Å². The predicted molar refractivity (Wildman–Crippen MR) is 120 cm³/mol. The maximum absolute atomic E-state index is 12.6. The number of halogens is 2. The minimum absolute atomic E-state index is 0.182. The number of nitrogens with one attached hydrogen (secondary N) is 2. The molecule has 0 aromatic heterocycles. The lowest BCUT2D eigenvalue weighted by molar-refractivity contribution is -0.132. The largest absolute Gasteiger partial charge is 0.479 e. The van der Waals surface area contributed by atoms with Crippen molar-refractivity contribution < 1.29 is 14.3 Å². The standard InChI is InChI=1S/C22H25Cl2N3O3/c1-14(2)11-19(22(29)27-25-13-16-7-5-4-6-8-16)26-21(28)15(3)30-20-10-9-17(23)12-18(20)24/h4-10,12-15,19H,11H2,1-3H3,(H,26,28)(H,27,29)/b25-13-/t15-,19+/m0/s1. The number of hydrazone groups is 1. The molecule has 0 bridgehead atoms. The van der Waals surface area contributed by atoms with E-state index in [9.17, 15) is 9.59 Å². The number of ether oxygens (including phenoxy) is 1. The summed E-state index contributed by atoms with van der Waals surface area (Å²) < 4.78 is 5.62. The molecule has 0 fully saturated rings. The van der Waals surface area contributed by atoms with Gasteiger partial charge in [0.05, 0.1) is 11.2 Å². The highest BCUT2D eigenvalue weighted by molar-refractivity contribution is 6.35. The first-order valence-electron chi connectivity index (χ1n) is 9.56. The van der Waals surface area contributed by atoms with Crippen molar-refractivity contribution in [1.82, 2.24) is 10.7 Å². The van der Waals surface area contributed by atoms with Crippen LogP contribution in [0.15, 0.2) is 53.6 Å². The third-order valence-electron chi connectivity index (χ3n) is 4.09. The van der Waals surface area contributed by atoms with Crippen LogP contribution in [0.25, 0.3) is 0 Å². The quantitative estimate of drug-likeness (QED) is 0.438. The summed E-state index contributed by atoms with van der Waals surface area (Å²) in [7, 11) is 0. The Bertz CT molecular complexity index is 888. The second kappa shape index (κ2) is 11.6. The molecule has 2 aromatic carbocycles. The van der Waals surface area contributed by atoms with Crippen LogP contribution in [0.5, 0.6) is 5.75 Å². The van der Waals surface area contributed by atoms with Gasteiger partial charge in [-0.3, -0.25) is 9.59 Å². The zero-order valence-electron chi connectivity index (χ0n) is 17.1. The number of hydrogen-bond acceptors (Lipinski definition) is 4. The van der Waals surface area contributed by atoms with Crippen LogP contribution < -0.4 is 15.5 Å². The highest BCUT2D eigenvalue weighted by Gasteiger charge is 2.25. The molecule has 0 saturated carbocycles. The third-order valence-corrected chi connectivity index (χ3v) is 4.63. The Morgan fingerprint density at radius 1 is 1.07 bits per heavy atom. The Labute approximate surface area is 186 Å². The van der Waals surface area contributed by atoms with Crippen molar-refractivity contribution >= 4 is 41.2 Å². The van der Waals surface area contributed by atoms with E-state index in [1.165, 1.54) is 6.07 Å². The van der Waals surface area contributed by atoms with Crippen molar-refractivity contribution in [3.63, 3.8) is 0 Å². The molecule has 0 heterocycles. The van der Waals surface area contributed by atoms with Gasteiger partial charge in [0.15, 0.2) is 6.10 Å². The van der Waals surface area contributed by atoms with E-state index in [1.54, 1.807) is 25.3 Å². The first kappa shape index (κ1) is 23.7. The molecule has 160 valence electrons. The highest BCUT2D eigenvalue weighted by atomic mass is 35.5. The van der Waals surface area contributed by atoms with E-state index in [2.05, 4.69) is 15.8 Å². The summed E-state index contributed by atoms with van der Waals surface area (Å²) in [6, 6.07) is 13.4. The topological polar surface area (TPSA) is 79.8 Å². The zero-order chi connectivity index (χ0) is 22.1. The molecule has 0 aliphatic carbocycles. The van der Waals surface area contributed by atoms with Gasteiger partial charge < -0.3 is 10.1 Å². The minimum Gasteiger partial charge on any atom is -0.479 e. The van der Waals surface area contributed by atoms with E-state index < -0.39 is 24.0 Å². The number of amides is 2. The molecule has 0 saturated heterocycles. The van der Waals surface area contributed by atoms with Gasteiger partial charge in [0.2, 0.25) is 0 Å². The van der Waals surface area contributed by atoms with Gasteiger partial charge in [-0.2, -0.15) is 5.10 Å². The van der Waals surface area contributed by atoms with Crippen LogP contribution in [0.1, 0.15) is 32.8 Å². The van der Waals surface area contributed by atoms with Crippen LogP contribution in [-0.4, -0.2) is 30.2 Å². The minimum atomic E-state index is -0.862. The molecule has 2 amide bonds. The summed E-state index contributed by atoms with van der Waals surface area (Å²) >= 11 is 12.0. The van der Waals surface area contributed by atoms with Crippen LogP contribution in [0.2, 0.25) is 10.0 Å². The van der Waals surface area contributed by atoms with Crippen molar-refractivity contribution in [2.24, 2.45) is 11.0 Å². The normalized spacial score (nSPS) is 13.1. The average Bonchev–Trinajstić information content (AvgIpc) is 2.69. The number of hydrogen-bond donors (Lipinski definition) is 2. The molecule has 0 radical (unpaired) electrons. The molecule has 2 atom stereocenters. The summed E-state index contributed by atoms with van der Waals surface area (Å²) in [6.45, 7) is 5.51. The van der Waals surface area contributed by atoms with Gasteiger partial charge in [-0.05, 0) is 43.0 Å². The summed E-state index contributed by atoms with van der Waals surface area (Å²) in [5.74, 6) is -0.322. The van der Waals surface area contributed by atoms with Crippen LogP contribution in [-0.2, 0) is 9.59 Å². The SMILES string of the molecule is CC(C)C[C@@H](NC(=O)[C@H](C)Oc1ccc(Cl)cc1Cl)C(=O)N/N=C\c1ccccc1. The fourth-order valence-corrected chi connectivity index (χ4v) is 3.05. The highest BCUT2D eigenvalue weighted by Crippen LogP contribution is 2.28. The maximum atomic E-state index is 12.6. The Morgan fingerprint density at radius 2 is 1.77 bits per heavy atom. The molecular weight excluding hydrogens is 425 g/mol. The van der Waals surface area contributed by atoms with Crippen molar-refractivity contribution in [1.29, 1.82) is 0 Å². The molecular formula is C22H25Cl2N3O3. The van der Waals surface area contributed by atoms with Crippen molar-refractivity contribution in [2.45, 2.75) is 39.3 Å². The number of benzene rings is 2. The Kier molecular flexibility index (Phi) is 9.15. The second-order valence-electron chi connectivity index (χ2n) is 7.17. The molecule has 2 rings (SSSR count). The Balaban J connectivity index is 1.98. The lowest BCUT2D eigenvalue weighted by Crippen LogP contribution is -2.49. The summed E-state index contributed by atoms with van der Waals surface area (Å²) in [5.41, 5.74) is 3.34. The number of carbonyl (C=O) groups is 2. The lowest BCUT2D eigenvalue weighted by atomic mass is 10.0. The molecule has 0 aliphatic rings. The molecule has 0 unspecified atom stereocenters. The first-order valence-corrected chi connectivity index (χ1v) is 10.3. The molecule has 6 nitrogen and oxygen atoms in total. The van der Waals surface area contributed by atoms with Crippen LogP contribution in [0.4, 0.5) is 0 Å². The summed E-state index contributed by atoms with van der Waals surface area (Å²) in [6.07, 6.45) is 1.13. The first-order chi connectivity index (χ1) is 14.3. The Hall–Kier alpha value is -2.57. The van der Waals surface area contributed by atoms with Crippen LogP contribution in [0, 0.1) is 5.92 Å². The molecule has 8 heteroatoms. The van der Waals surface area contributed by atoms with E-state index >= 15 is 0 Å². The van der Waals surface area contributed by atoms with Gasteiger partial charge in [0, 0.05) is 5.02 Å². The number of rotatable bonds is 9. The maximum Gasteiger partial charge on any atom is 0.262 e. The lowest BCUT2D eigenvalue weighted by Gasteiger charge is -2.22. The van der Waals surface area contributed by atoms with Gasteiger partial charge in [-0.15, -0.1) is 0 Å². The fraction of sp³-hybridized carbons (Fsp3) is 0.318. The predicted octanol–water partition coefficient (Wildman–Crippen LogP) is 4.44. The van der Waals surface area contributed by atoms with E-state index in [-0.39, 0.29) is 5.92 Å². The number of nitrogens with zero attached hydrogens (tertiary/aromatic N) is 1. The summed E-state index contributed by atoms with van der Waals surface area (Å²) in [4.78, 5) is 25.2. The van der Waals surface area contributed by atoms with Gasteiger partial charge in [-0.25, -0.2) is 5.43 Å². The van der Waals surface area contributed by atoms with Crippen molar-refractivity contribution in [2.75, 3.05) is 0 Å². The van der Waals surface area contributed by atoms with E-state index in [1.807, 2.05) is 44.2 Å². The second-order valence-corrected chi connectivity index (χ2v) is 8.01. The Morgan fingerprint density at radius 3 is 2.40 bits per heavy atom. The smallest absolute Gasteiger partial charge is 0.262 e. The monoisotopic (exact) mass is 449 g/mol. The van der Waals surface area contributed by atoms with Gasteiger partial charge >= 0.3 is 0 Å². The number of carbonyl (C=O) groups excluding carboxylic acids is 2. The summed E-state index contributed by atoms with van der Waals surface area (Å²) in [5, 5.41) is 7.47. The molecule has 2 aromatic rings. The van der Waals surface area contributed by atoms with Crippen LogP contribution >= 0.6 is 23.2 Å². The van der Waals surface area contributed by atoms with Crippen molar-refractivity contribution in [3.8, 4) is 5.75 Å². The molecule has 0 spiro atoms. The fourth-order valence-electron chi connectivity index (χ4n) is 2.59. The molecule has 0 aliphatic heterocycles. The molecule has 30 heavy (non-hydrogen) atoms. The zero-order valence-corrected chi connectivity index (χ0v) is 18.6. The van der Waals surface area contributed by atoms with Crippen LogP contribution in [0.3, 0.4) is 0 Å². The van der Waals surface area contributed by atoms with E-state index in [4.69, 9.17) is 27.9 Å². The third kappa shape index (κ3) is 7.69. The molecule has 2 N–H and O–H groups in total. The van der Waals surface area contributed by atoms with Crippen molar-refractivity contribution in [3.05, 3.63) is 64.1 Å². The van der Waals surface area contributed by atoms with E-state index in [0.717, 1.165) is 5.56 Å². The van der Waals surface area contributed by atoms with Gasteiger partial charge in [-0.1, -0.05) is 67.4 Å².